The number of para-hydroxylation sites is 7. The molecule has 0 aliphatic rings. The van der Waals surface area contributed by atoms with Crippen molar-refractivity contribution in [3.8, 4) is 62.6 Å². The van der Waals surface area contributed by atoms with Crippen LogP contribution in [0.1, 0.15) is 12.5 Å². The van der Waals surface area contributed by atoms with E-state index in [9.17, 15) is 0 Å². The molecular weight excluding hydrogens is 1010 g/mol. The summed E-state index contributed by atoms with van der Waals surface area (Å²) >= 11 is 0. The van der Waals surface area contributed by atoms with Crippen molar-refractivity contribution in [2.24, 2.45) is 0 Å². The molecule has 0 saturated heterocycles. The van der Waals surface area contributed by atoms with Crippen LogP contribution in [0.4, 0.5) is 0 Å². The van der Waals surface area contributed by atoms with Gasteiger partial charge < -0.3 is 8.98 Å². The minimum absolute atomic E-state index is 0.558. The average Bonchev–Trinajstić information content (AvgIpc) is 3.36. The van der Waals surface area contributed by atoms with Crippen molar-refractivity contribution in [1.29, 1.82) is 0 Å². The third-order valence-electron chi connectivity index (χ3n) is 16.3. The van der Waals surface area contributed by atoms with E-state index in [2.05, 4.69) is 209 Å². The Morgan fingerprint density at radius 2 is 0.711 bits per heavy atom. The molecule has 390 valence electrons. The Kier molecular flexibility index (Phi) is 11.1. The second-order valence-electron chi connectivity index (χ2n) is 20.8. The van der Waals surface area contributed by atoms with Gasteiger partial charge in [0.05, 0.1) is 38.8 Å². The van der Waals surface area contributed by atoms with Gasteiger partial charge in [-0.3, -0.25) is 9.13 Å². The molecule has 16 rings (SSSR count). The van der Waals surface area contributed by atoms with Crippen molar-refractivity contribution in [3.63, 3.8) is 0 Å². The lowest BCUT2D eigenvalue weighted by Gasteiger charge is -2.26. The van der Waals surface area contributed by atoms with E-state index >= 15 is 0 Å². The van der Waals surface area contributed by atoms with Crippen molar-refractivity contribution < 1.29 is 4.42 Å². The summed E-state index contributed by atoms with van der Waals surface area (Å²) in [4.78, 5) is 21.8. The Morgan fingerprint density at radius 3 is 1.13 bits per heavy atom. The van der Waals surface area contributed by atoms with Gasteiger partial charge in [-0.05, 0) is 55.0 Å². The third kappa shape index (κ3) is 7.47. The maximum Gasteiger partial charge on any atom is 0.165 e. The lowest BCUT2D eigenvalue weighted by atomic mass is 9.91. The number of hydrogen-bond acceptors (Lipinski definition) is 5. The summed E-state index contributed by atoms with van der Waals surface area (Å²) < 4.78 is 14.4. The lowest BCUT2D eigenvalue weighted by molar-refractivity contribution is 0.573. The molecule has 8 nitrogen and oxygen atoms in total. The van der Waals surface area contributed by atoms with E-state index in [1.54, 1.807) is 0 Å². The number of pyridine rings is 1. The SMILES string of the molecule is C=C/C(c1c(-n2c3ccccc3c3ccccc32)nc(-n2c3ccccc3c3ccccc32)c(-n2c3ccccc3c3ccccc32)c1-c1ccc(-c2nc(-c3ccccc3)nc(-c3ccccc3)n2)cc1)=c1/oc2ccccc2/c1=C/C. The summed E-state index contributed by atoms with van der Waals surface area (Å²) in [5.41, 5.74) is 14.6. The Labute approximate surface area is 476 Å². The molecule has 0 fully saturated rings. The normalized spacial score (nSPS) is 12.5. The second kappa shape index (κ2) is 19.3. The van der Waals surface area contributed by atoms with Crippen LogP contribution in [0.2, 0.25) is 0 Å². The highest BCUT2D eigenvalue weighted by Gasteiger charge is 2.32. The standard InChI is InChI=1S/C75H49N7O/c1-3-51-59-35-17-24-42-66(59)83-70(51)52(4-2)68-67(47-43-45-50(46-44-47)73-77-71(48-25-7-5-8-26-48)76-72(78-73)49-27-9-6-10-28-49)69(80-60-36-18-11-29-53(60)54-30-12-19-37-61(54)80)75(82-64-40-22-15-33-57(64)58-34-16-23-41-65(58)82)79-74(68)81-62-38-20-13-31-55(62)56-32-14-21-39-63(56)81/h3-46H,2H2,1H3/b51-3-,70-52-. The molecular formula is C75H49N7O. The van der Waals surface area contributed by atoms with E-state index < -0.39 is 0 Å². The first kappa shape index (κ1) is 47.8. The van der Waals surface area contributed by atoms with Crippen molar-refractivity contribution in [2.75, 3.05) is 0 Å². The van der Waals surface area contributed by atoms with Gasteiger partial charge in [-0.15, -0.1) is 0 Å². The van der Waals surface area contributed by atoms with Crippen LogP contribution in [-0.4, -0.2) is 33.6 Å². The number of benzene rings is 10. The molecule has 6 heterocycles. The van der Waals surface area contributed by atoms with E-state index in [0.29, 0.717) is 28.7 Å². The van der Waals surface area contributed by atoms with Gasteiger partial charge in [0.2, 0.25) is 0 Å². The molecule has 0 unspecified atom stereocenters. The van der Waals surface area contributed by atoms with E-state index in [0.717, 1.165) is 132 Å². The Balaban J connectivity index is 1.13. The molecule has 6 aromatic heterocycles. The van der Waals surface area contributed by atoms with E-state index in [1.807, 2.05) is 78.9 Å². The Bertz CT molecular complexity index is 5200. The van der Waals surface area contributed by atoms with E-state index in [4.69, 9.17) is 30.9 Å². The predicted molar refractivity (Wildman–Crippen MR) is 341 cm³/mol. The van der Waals surface area contributed by atoms with Gasteiger partial charge in [0, 0.05) is 76.3 Å². The van der Waals surface area contributed by atoms with Crippen molar-refractivity contribution in [1.82, 2.24) is 33.6 Å². The van der Waals surface area contributed by atoms with Crippen LogP contribution in [0, 0.1) is 0 Å². The summed E-state index contributed by atoms with van der Waals surface area (Å²) in [6.45, 7) is 6.80. The maximum absolute atomic E-state index is 7.19. The van der Waals surface area contributed by atoms with Crippen LogP contribution in [-0.2, 0) is 0 Å². The van der Waals surface area contributed by atoms with Crippen molar-refractivity contribution >= 4 is 88.0 Å². The predicted octanol–water partition coefficient (Wildman–Crippen LogP) is 17.2. The molecule has 0 bridgehead atoms. The summed E-state index contributed by atoms with van der Waals surface area (Å²) in [6, 6.07) is 89.4. The minimum Gasteiger partial charge on any atom is -0.455 e. The van der Waals surface area contributed by atoms with E-state index in [1.165, 1.54) is 0 Å². The number of nitrogens with zero attached hydrogens (tertiary/aromatic N) is 7. The largest absolute Gasteiger partial charge is 0.455 e. The van der Waals surface area contributed by atoms with Crippen LogP contribution in [0.3, 0.4) is 0 Å². The number of aromatic nitrogens is 7. The molecule has 0 saturated carbocycles. The van der Waals surface area contributed by atoms with E-state index in [-0.39, 0.29) is 0 Å². The van der Waals surface area contributed by atoms with Crippen molar-refractivity contribution in [2.45, 2.75) is 6.92 Å². The van der Waals surface area contributed by atoms with Crippen LogP contribution in [0.25, 0.3) is 151 Å². The highest BCUT2D eigenvalue weighted by atomic mass is 16.3. The van der Waals surface area contributed by atoms with Gasteiger partial charge in [0.1, 0.15) is 16.8 Å². The molecule has 0 atom stereocenters. The summed E-state index contributed by atoms with van der Waals surface area (Å²) in [7, 11) is 0. The Hall–Kier alpha value is -11.2. The molecule has 0 spiro atoms. The van der Waals surface area contributed by atoms with Crippen LogP contribution >= 0.6 is 0 Å². The van der Waals surface area contributed by atoms with Gasteiger partial charge in [-0.25, -0.2) is 19.9 Å². The topological polar surface area (TPSA) is 79.5 Å². The highest BCUT2D eigenvalue weighted by molar-refractivity contribution is 6.14. The van der Waals surface area contributed by atoms with Crippen LogP contribution in [0.15, 0.2) is 272 Å². The number of allylic oxidation sites excluding steroid dienone is 1. The maximum atomic E-state index is 7.19. The van der Waals surface area contributed by atoms with Crippen LogP contribution < -0.4 is 10.6 Å². The zero-order valence-corrected chi connectivity index (χ0v) is 45.1. The number of hydrogen-bond donors (Lipinski definition) is 0. The fourth-order valence-electron chi connectivity index (χ4n) is 12.7. The van der Waals surface area contributed by atoms with Gasteiger partial charge in [0.15, 0.2) is 23.3 Å². The average molecular weight is 1060 g/mol. The third-order valence-corrected chi connectivity index (χ3v) is 16.3. The van der Waals surface area contributed by atoms with Gasteiger partial charge in [-0.2, -0.15) is 0 Å². The smallest absolute Gasteiger partial charge is 0.165 e. The molecule has 8 heteroatoms. The molecule has 10 aromatic carbocycles. The highest BCUT2D eigenvalue weighted by Crippen LogP contribution is 2.47. The second-order valence-corrected chi connectivity index (χ2v) is 20.8. The fraction of sp³-hybridized carbons (Fsp3) is 0.0133. The van der Waals surface area contributed by atoms with Gasteiger partial charge in [0.25, 0.3) is 0 Å². The van der Waals surface area contributed by atoms with Gasteiger partial charge in [-0.1, -0.05) is 231 Å². The first-order valence-corrected chi connectivity index (χ1v) is 28.0. The fourth-order valence-corrected chi connectivity index (χ4v) is 12.7. The zero-order valence-electron chi connectivity index (χ0n) is 45.1. The quantitative estimate of drug-likeness (QED) is 0.144. The minimum atomic E-state index is 0.558. The first-order chi connectivity index (χ1) is 41.1. The lowest BCUT2D eigenvalue weighted by Crippen LogP contribution is -2.24. The zero-order chi connectivity index (χ0) is 55.1. The molecule has 0 aliphatic heterocycles. The first-order valence-electron chi connectivity index (χ1n) is 28.0. The summed E-state index contributed by atoms with van der Waals surface area (Å²) in [6.07, 6.45) is 4.11. The van der Waals surface area contributed by atoms with Gasteiger partial charge >= 0.3 is 0 Å². The number of furan rings is 1. The summed E-state index contributed by atoms with van der Waals surface area (Å²) in [5.74, 6) is 3.19. The molecule has 0 N–H and O–H groups in total. The number of rotatable bonds is 9. The van der Waals surface area contributed by atoms with Crippen LogP contribution in [0.5, 0.6) is 0 Å². The molecule has 0 radical (unpaired) electrons. The molecule has 16 aromatic rings. The summed E-state index contributed by atoms with van der Waals surface area (Å²) in [5, 5.41) is 8.69. The monoisotopic (exact) mass is 1060 g/mol. The molecule has 83 heavy (non-hydrogen) atoms. The Morgan fingerprint density at radius 1 is 0.361 bits per heavy atom. The number of fused-ring (bicyclic) bond motifs is 10. The molecule has 0 aliphatic carbocycles. The van der Waals surface area contributed by atoms with Crippen molar-refractivity contribution in [3.05, 3.63) is 284 Å². The molecule has 0 amide bonds.